The van der Waals surface area contributed by atoms with Gasteiger partial charge in [-0.1, -0.05) is 231 Å². The number of hydrogen-bond donors (Lipinski definition) is 26. The second kappa shape index (κ2) is 63.4. The van der Waals surface area contributed by atoms with Crippen LogP contribution in [0.4, 0.5) is 0 Å². The zero-order valence-corrected chi connectivity index (χ0v) is 79.3. The number of carbonyl (C=O) groups is 6. The van der Waals surface area contributed by atoms with Crippen molar-refractivity contribution >= 4 is 35.6 Å². The lowest BCUT2D eigenvalue weighted by molar-refractivity contribution is -0.405. The third kappa shape index (κ3) is 36.8. The minimum atomic E-state index is -3.51. The molecule has 136 heavy (non-hydrogen) atoms. The topological polar surface area (TPSA) is 706 Å². The van der Waals surface area contributed by atoms with Gasteiger partial charge in [0.1, 0.15) is 141 Å². The number of ether oxygens (including phenoxy) is 12. The van der Waals surface area contributed by atoms with E-state index in [0.29, 0.717) is 12.8 Å². The number of aliphatic hydroxyl groups is 20. The number of nitrogens with one attached hydrogen (secondary N) is 4. The van der Waals surface area contributed by atoms with Crippen molar-refractivity contribution in [2.45, 2.75) is 479 Å². The molecular formula is C92H164N4O40. The molecule has 34 atom stereocenters. The van der Waals surface area contributed by atoms with Crippen LogP contribution in [0.15, 0.2) is 12.2 Å². The lowest BCUT2D eigenvalue weighted by Crippen LogP contribution is -2.72. The van der Waals surface area contributed by atoms with E-state index in [1.165, 1.54) is 154 Å². The van der Waals surface area contributed by atoms with Crippen molar-refractivity contribution in [3.8, 4) is 0 Å². The van der Waals surface area contributed by atoms with Crippen LogP contribution < -0.4 is 21.3 Å². The fourth-order valence-corrected chi connectivity index (χ4v) is 18.3. The van der Waals surface area contributed by atoms with E-state index < -0.39 is 309 Å². The number of amides is 4. The van der Waals surface area contributed by atoms with E-state index in [4.69, 9.17) is 56.8 Å². The Kier molecular flexibility index (Phi) is 56.0. The summed E-state index contributed by atoms with van der Waals surface area (Å²) in [4.78, 5) is 79.9. The zero-order chi connectivity index (χ0) is 100. The van der Waals surface area contributed by atoms with Crippen LogP contribution in [0.2, 0.25) is 0 Å². The van der Waals surface area contributed by atoms with Gasteiger partial charge in [0.2, 0.25) is 23.6 Å². The predicted molar refractivity (Wildman–Crippen MR) is 478 cm³/mol. The molecule has 6 heterocycles. The number of carbonyl (C=O) groups excluding carboxylic acids is 4. The van der Waals surface area contributed by atoms with Crippen LogP contribution in [-0.4, -0.2) is 408 Å². The molecule has 0 spiro atoms. The van der Waals surface area contributed by atoms with Gasteiger partial charge in [-0.25, -0.2) is 9.59 Å². The van der Waals surface area contributed by atoms with Crippen LogP contribution in [-0.2, 0) is 85.6 Å². The SMILES string of the molecule is CCCCCCCCCCCCC/C=C/[C@@H](O)[C@H](CO[C@@H]1OC(CO)[C@@H](O[C@@H]2OC(CO)[C@H](O[C@@H]3OC(CO)[C@H](O)[C@H](O[C@@H]4OC(CO)[C@H](O)[C@H](O[C@]5(C(=O)O)CC(O)[C@@H](NC(=O)CO)C([C@H](O)[C@H](O)CO)O5)C4O)C3NC(C)=O)[C@H](O[C@]3(C(=O)O)CC(O)[C@@H](NC(C)=O)C([C@H](O)[C@H](O)CO)O3)C2O)[C@H](O)C1O)NC(=O)CCCCCCCCCCCCCCCCCCCCCCCCC. The molecule has 0 aromatic heterocycles. The highest BCUT2D eigenvalue weighted by molar-refractivity contribution is 5.79. The maximum atomic E-state index is 14.1. The Morgan fingerprint density at radius 3 is 1.17 bits per heavy atom. The van der Waals surface area contributed by atoms with Gasteiger partial charge < -0.3 is 190 Å². The third-order valence-corrected chi connectivity index (χ3v) is 26.2. The first-order valence-corrected chi connectivity index (χ1v) is 49.4. The minimum Gasteiger partial charge on any atom is -0.477 e. The van der Waals surface area contributed by atoms with Crippen LogP contribution in [0.3, 0.4) is 0 Å². The normalized spacial score (nSPS) is 33.6. The molecule has 6 rings (SSSR count). The maximum Gasteiger partial charge on any atom is 0.364 e. The Balaban J connectivity index is 1.24. The van der Waals surface area contributed by atoms with Crippen LogP contribution in [0, 0.1) is 0 Å². The van der Waals surface area contributed by atoms with Gasteiger partial charge in [-0.3, -0.25) is 19.2 Å². The van der Waals surface area contributed by atoms with Crippen molar-refractivity contribution < 1.29 is 198 Å². The summed E-state index contributed by atoms with van der Waals surface area (Å²) >= 11 is 0. The van der Waals surface area contributed by atoms with Gasteiger partial charge >= 0.3 is 11.9 Å². The van der Waals surface area contributed by atoms with Gasteiger partial charge in [0, 0.05) is 33.1 Å². The average Bonchev–Trinajstić information content (AvgIpc) is 0.715. The molecule has 44 nitrogen and oxygen atoms in total. The van der Waals surface area contributed by atoms with Crippen molar-refractivity contribution in [1.82, 2.24) is 21.3 Å². The second-order valence-corrected chi connectivity index (χ2v) is 37.1. The molecule has 6 fully saturated rings. The smallest absolute Gasteiger partial charge is 0.364 e. The average molecular weight is 1970 g/mol. The summed E-state index contributed by atoms with van der Waals surface area (Å²) in [5.74, 6) is -15.0. The molecule has 792 valence electrons. The van der Waals surface area contributed by atoms with Crippen molar-refractivity contribution in [1.29, 1.82) is 0 Å². The molecule has 4 amide bonds. The highest BCUT2D eigenvalue weighted by atomic mass is 16.8. The lowest BCUT2D eigenvalue weighted by Gasteiger charge is -2.53. The van der Waals surface area contributed by atoms with Crippen molar-refractivity contribution in [3.05, 3.63) is 12.2 Å². The first-order chi connectivity index (χ1) is 65.1. The fourth-order valence-electron chi connectivity index (χ4n) is 18.3. The number of aliphatic hydroxyl groups excluding tert-OH is 20. The monoisotopic (exact) mass is 1970 g/mol. The highest BCUT2D eigenvalue weighted by Crippen LogP contribution is 2.43. The van der Waals surface area contributed by atoms with E-state index in [-0.39, 0.29) is 6.42 Å². The first kappa shape index (κ1) is 120. The fraction of sp³-hybridized carbons (Fsp3) is 0.913. The number of aliphatic carboxylic acids is 2. The summed E-state index contributed by atoms with van der Waals surface area (Å²) in [6.45, 7) is -3.12. The van der Waals surface area contributed by atoms with Crippen molar-refractivity contribution in [2.75, 3.05) is 52.9 Å². The molecule has 26 N–H and O–H groups in total. The highest BCUT2D eigenvalue weighted by Gasteiger charge is 2.64. The molecule has 6 aliphatic heterocycles. The molecule has 0 aromatic carbocycles. The van der Waals surface area contributed by atoms with Crippen LogP contribution in [0.1, 0.15) is 272 Å². The zero-order valence-electron chi connectivity index (χ0n) is 79.3. The van der Waals surface area contributed by atoms with E-state index in [1.54, 1.807) is 6.08 Å². The minimum absolute atomic E-state index is 0.0922. The number of carboxylic acid groups (broad SMARTS) is 2. The van der Waals surface area contributed by atoms with Crippen LogP contribution in [0.25, 0.3) is 0 Å². The summed E-state index contributed by atoms with van der Waals surface area (Å²) in [6.07, 6.45) is -22.1. The molecule has 0 radical (unpaired) electrons. The second-order valence-electron chi connectivity index (χ2n) is 37.1. The van der Waals surface area contributed by atoms with E-state index in [0.717, 1.165) is 78.1 Å². The first-order valence-electron chi connectivity index (χ1n) is 49.4. The van der Waals surface area contributed by atoms with E-state index in [9.17, 15) is 141 Å². The number of carboxylic acids is 2. The molecule has 12 unspecified atom stereocenters. The molecule has 6 saturated heterocycles. The van der Waals surface area contributed by atoms with Gasteiger partial charge in [-0.15, -0.1) is 0 Å². The molecular weight excluding hydrogens is 1800 g/mol. The number of rotatable bonds is 68. The Bertz CT molecular complexity index is 3370. The standard InChI is InChI=1S/C92H164N4O40/c1-5-7-9-11-13-15-17-19-20-21-22-23-24-25-26-27-28-30-32-34-36-38-40-42-65(111)95-55(56(106)41-39-37-35-33-31-29-18-16-14-12-10-8-6-2)52-125-86-75(118)74(117)78(63(49-101)128-86)130-88-77(120)84(136-92(90(123)124)43-57(107)67(93-53(3)104)81(133-92)70(113)59(109)45-97)79(64(50-102)129-88)131-85-69(94-54(4)105)80(72(115)61(47-99)126-85)132-87-76(119)83(73(116)62(48-100)127-87)135-91(89(121)122)44-58(108)68(96-66(112)51-103)82(134-91)71(114)60(110)46-98/h39,41,55-64,67-88,97-103,106-110,113-120H,5-38,40,42-52H2,1-4H3,(H,93,104)(H,94,105)(H,95,111)(H,96,112)(H,121,122)(H,123,124)/b41-39+/t55-,56+,57?,58?,59+,60+,61?,62?,63?,64?,67+,68+,69?,70+,71+,72-,73-,74+,75?,76?,77?,78+,79-,80+,81?,82?,83-,84+,85-,86+,87-,88-,91-,92-/m0/s1. The summed E-state index contributed by atoms with van der Waals surface area (Å²) in [6, 6.07) is -7.13. The third-order valence-electron chi connectivity index (χ3n) is 26.2. The number of hydrogen-bond acceptors (Lipinski definition) is 38. The van der Waals surface area contributed by atoms with E-state index >= 15 is 0 Å². The van der Waals surface area contributed by atoms with E-state index in [1.807, 2.05) is 0 Å². The Hall–Kier alpha value is -4.72. The largest absolute Gasteiger partial charge is 0.477 e. The molecule has 44 heteroatoms. The van der Waals surface area contributed by atoms with Crippen LogP contribution >= 0.6 is 0 Å². The van der Waals surface area contributed by atoms with Gasteiger partial charge in [-0.05, 0) is 19.3 Å². The Morgan fingerprint density at radius 2 is 0.750 bits per heavy atom. The Morgan fingerprint density at radius 1 is 0.390 bits per heavy atom. The van der Waals surface area contributed by atoms with Crippen molar-refractivity contribution in [2.24, 2.45) is 0 Å². The van der Waals surface area contributed by atoms with Crippen LogP contribution in [0.5, 0.6) is 0 Å². The predicted octanol–water partition coefficient (Wildman–Crippen LogP) is -1.78. The molecule has 0 saturated carbocycles. The summed E-state index contributed by atoms with van der Waals surface area (Å²) < 4.78 is 72.4. The molecule has 0 aliphatic carbocycles. The summed E-state index contributed by atoms with van der Waals surface area (Å²) in [7, 11) is 0. The van der Waals surface area contributed by atoms with Gasteiger partial charge in [0.05, 0.1) is 82.7 Å². The number of allylic oxidation sites excluding steroid dienone is 1. The number of unbranched alkanes of at least 4 members (excludes halogenated alkanes) is 33. The summed E-state index contributed by atoms with van der Waals surface area (Å²) in [5, 5.41) is 257. The summed E-state index contributed by atoms with van der Waals surface area (Å²) in [5.41, 5.74) is 0. The Labute approximate surface area is 795 Å². The molecule has 0 bridgehead atoms. The van der Waals surface area contributed by atoms with Gasteiger partial charge in [0.15, 0.2) is 25.2 Å². The molecule has 6 aliphatic rings. The van der Waals surface area contributed by atoms with Crippen molar-refractivity contribution in [3.63, 3.8) is 0 Å². The van der Waals surface area contributed by atoms with Gasteiger partial charge in [-0.2, -0.15) is 0 Å². The molecule has 0 aromatic rings. The quantitative estimate of drug-likeness (QED) is 0.0237. The van der Waals surface area contributed by atoms with Gasteiger partial charge in [0.25, 0.3) is 11.6 Å². The maximum absolute atomic E-state index is 14.1. The lowest BCUT2D eigenvalue weighted by atomic mass is 9.88. The van der Waals surface area contributed by atoms with E-state index in [2.05, 4.69) is 35.1 Å².